The quantitative estimate of drug-likeness (QED) is 0.844. The molecule has 0 aliphatic carbocycles. The van der Waals surface area contributed by atoms with E-state index in [1.165, 1.54) is 14.0 Å². The van der Waals surface area contributed by atoms with Crippen LogP contribution in [0.25, 0.3) is 0 Å². The van der Waals surface area contributed by atoms with Crippen LogP contribution in [0.1, 0.15) is 47.0 Å². The van der Waals surface area contributed by atoms with Crippen molar-refractivity contribution in [1.29, 1.82) is 0 Å². The van der Waals surface area contributed by atoms with Gasteiger partial charge in [0.15, 0.2) is 0 Å². The molecule has 0 aliphatic rings. The Morgan fingerprint density at radius 1 is 1.10 bits per heavy atom. The lowest BCUT2D eigenvalue weighted by Crippen LogP contribution is -2.54. The van der Waals surface area contributed by atoms with Crippen molar-refractivity contribution in [3.05, 3.63) is 0 Å². The number of amides is 1. The van der Waals surface area contributed by atoms with Crippen molar-refractivity contribution >= 4 is 12.1 Å². The maximum Gasteiger partial charge on any atom is 0.410 e. The first kappa shape index (κ1) is 19.5. The molecule has 1 amide bonds. The number of likely N-dealkylation sites (N-methyl/N-ethyl adjacent to an activating group) is 1. The number of carboxylic acid groups (broad SMARTS) is 1. The van der Waals surface area contributed by atoms with Crippen LogP contribution in [0.2, 0.25) is 0 Å². The van der Waals surface area contributed by atoms with Crippen LogP contribution in [0.5, 0.6) is 0 Å². The zero-order valence-corrected chi connectivity index (χ0v) is 12.9. The SMILES string of the molecule is CN(C(=O)OC(C)(C)C)C(C)(CCCC(F)(F)F)C(=O)O. The van der Waals surface area contributed by atoms with Gasteiger partial charge in [0.25, 0.3) is 0 Å². The average Bonchev–Trinajstić information content (AvgIpc) is 2.23. The summed E-state index contributed by atoms with van der Waals surface area (Å²) in [5.74, 6) is -1.38. The van der Waals surface area contributed by atoms with E-state index in [0.29, 0.717) is 0 Å². The molecule has 0 aromatic heterocycles. The highest BCUT2D eigenvalue weighted by Crippen LogP contribution is 2.28. The standard InChI is InChI=1S/C13H22F3NO4/c1-11(2,3)21-10(20)17(5)12(4,9(18)19)7-6-8-13(14,15)16/h6-8H2,1-5H3,(H,18,19). The van der Waals surface area contributed by atoms with Crippen molar-refractivity contribution < 1.29 is 32.6 Å². The molecule has 0 fully saturated rings. The molecule has 124 valence electrons. The fourth-order valence-electron chi connectivity index (χ4n) is 1.58. The number of ether oxygens (including phenoxy) is 1. The lowest BCUT2D eigenvalue weighted by atomic mass is 9.93. The zero-order chi connectivity index (χ0) is 17.1. The average molecular weight is 313 g/mol. The first-order chi connectivity index (χ1) is 9.19. The first-order valence-corrected chi connectivity index (χ1v) is 6.46. The van der Waals surface area contributed by atoms with Crippen LogP contribution in [0.4, 0.5) is 18.0 Å². The summed E-state index contributed by atoms with van der Waals surface area (Å²) in [6, 6.07) is 0. The molecular weight excluding hydrogens is 291 g/mol. The van der Waals surface area contributed by atoms with Gasteiger partial charge in [0.05, 0.1) is 0 Å². The third kappa shape index (κ3) is 6.68. The van der Waals surface area contributed by atoms with Crippen molar-refractivity contribution in [1.82, 2.24) is 4.90 Å². The topological polar surface area (TPSA) is 66.8 Å². The van der Waals surface area contributed by atoms with Gasteiger partial charge in [-0.25, -0.2) is 9.59 Å². The van der Waals surface area contributed by atoms with E-state index in [4.69, 9.17) is 4.74 Å². The van der Waals surface area contributed by atoms with Crippen molar-refractivity contribution in [2.24, 2.45) is 0 Å². The second-order valence-corrected chi connectivity index (χ2v) is 6.09. The van der Waals surface area contributed by atoms with Crippen LogP contribution in [0, 0.1) is 0 Å². The number of nitrogens with zero attached hydrogens (tertiary/aromatic N) is 1. The number of halogens is 3. The highest BCUT2D eigenvalue weighted by Gasteiger charge is 2.42. The number of aliphatic carboxylic acids is 1. The van der Waals surface area contributed by atoms with Gasteiger partial charge in [-0.2, -0.15) is 13.2 Å². The molecule has 0 aromatic rings. The van der Waals surface area contributed by atoms with Gasteiger partial charge in [-0.15, -0.1) is 0 Å². The molecule has 1 N–H and O–H groups in total. The molecule has 8 heteroatoms. The van der Waals surface area contributed by atoms with E-state index in [0.717, 1.165) is 4.90 Å². The lowest BCUT2D eigenvalue weighted by molar-refractivity contribution is -0.152. The Kier molecular flexibility index (Phi) is 6.07. The van der Waals surface area contributed by atoms with E-state index >= 15 is 0 Å². The van der Waals surface area contributed by atoms with Crippen LogP contribution in [0.15, 0.2) is 0 Å². The summed E-state index contributed by atoms with van der Waals surface area (Å²) in [6.45, 7) is 6.04. The van der Waals surface area contributed by atoms with Gasteiger partial charge in [-0.05, 0) is 40.5 Å². The monoisotopic (exact) mass is 313 g/mol. The number of hydrogen-bond acceptors (Lipinski definition) is 3. The molecule has 0 aliphatic heterocycles. The summed E-state index contributed by atoms with van der Waals surface area (Å²) < 4.78 is 41.5. The summed E-state index contributed by atoms with van der Waals surface area (Å²) in [6.07, 6.45) is -7.06. The molecule has 0 bridgehead atoms. The van der Waals surface area contributed by atoms with Gasteiger partial charge in [0.1, 0.15) is 11.1 Å². The highest BCUT2D eigenvalue weighted by atomic mass is 19.4. The summed E-state index contributed by atoms with van der Waals surface area (Å²) in [4.78, 5) is 24.1. The molecule has 21 heavy (non-hydrogen) atoms. The summed E-state index contributed by atoms with van der Waals surface area (Å²) in [5, 5.41) is 9.25. The number of alkyl halides is 3. The molecule has 0 spiro atoms. The fourth-order valence-corrected chi connectivity index (χ4v) is 1.58. The Balaban J connectivity index is 4.93. The van der Waals surface area contributed by atoms with Crippen molar-refractivity contribution in [2.45, 2.75) is 64.3 Å². The maximum atomic E-state index is 12.2. The van der Waals surface area contributed by atoms with Crippen LogP contribution in [-0.4, -0.2) is 46.4 Å². The van der Waals surface area contributed by atoms with E-state index in [9.17, 15) is 27.9 Å². The Bertz CT molecular complexity index is 390. The van der Waals surface area contributed by atoms with E-state index in [2.05, 4.69) is 0 Å². The zero-order valence-electron chi connectivity index (χ0n) is 12.9. The van der Waals surface area contributed by atoms with E-state index in [1.807, 2.05) is 0 Å². The molecule has 1 atom stereocenters. The second kappa shape index (κ2) is 6.53. The second-order valence-electron chi connectivity index (χ2n) is 6.09. The normalized spacial score (nSPS) is 15.2. The van der Waals surface area contributed by atoms with E-state index in [-0.39, 0.29) is 12.8 Å². The summed E-state index contributed by atoms with van der Waals surface area (Å²) in [7, 11) is 1.20. The third-order valence-electron chi connectivity index (χ3n) is 2.99. The van der Waals surface area contributed by atoms with E-state index < -0.39 is 35.8 Å². The molecular formula is C13H22F3NO4. The van der Waals surface area contributed by atoms with Crippen molar-refractivity contribution in [3.63, 3.8) is 0 Å². The number of hydrogen-bond donors (Lipinski definition) is 1. The van der Waals surface area contributed by atoms with Gasteiger partial charge in [-0.1, -0.05) is 0 Å². The highest BCUT2D eigenvalue weighted by molar-refractivity contribution is 5.83. The lowest BCUT2D eigenvalue weighted by Gasteiger charge is -2.36. The Hall–Kier alpha value is -1.47. The smallest absolute Gasteiger partial charge is 0.410 e. The molecule has 1 unspecified atom stereocenters. The molecule has 0 heterocycles. The number of carboxylic acids is 1. The van der Waals surface area contributed by atoms with E-state index in [1.54, 1.807) is 20.8 Å². The Labute approximate surface area is 122 Å². The van der Waals surface area contributed by atoms with Crippen molar-refractivity contribution in [2.75, 3.05) is 7.05 Å². The molecule has 0 radical (unpaired) electrons. The largest absolute Gasteiger partial charge is 0.480 e. The van der Waals surface area contributed by atoms with Gasteiger partial charge in [0, 0.05) is 13.5 Å². The van der Waals surface area contributed by atoms with Gasteiger partial charge in [0.2, 0.25) is 0 Å². The van der Waals surface area contributed by atoms with Crippen LogP contribution < -0.4 is 0 Å². The summed E-state index contributed by atoms with van der Waals surface area (Å²) in [5.41, 5.74) is -2.58. The van der Waals surface area contributed by atoms with Crippen LogP contribution >= 0.6 is 0 Å². The maximum absolute atomic E-state index is 12.2. The molecule has 0 aromatic carbocycles. The molecule has 0 rings (SSSR count). The molecule has 5 nitrogen and oxygen atoms in total. The summed E-state index contributed by atoms with van der Waals surface area (Å²) >= 11 is 0. The van der Waals surface area contributed by atoms with Gasteiger partial charge < -0.3 is 9.84 Å². The Morgan fingerprint density at radius 3 is 1.90 bits per heavy atom. The third-order valence-corrected chi connectivity index (χ3v) is 2.99. The number of carbonyl (C=O) groups excluding carboxylic acids is 1. The number of rotatable bonds is 5. The fraction of sp³-hybridized carbons (Fsp3) is 0.846. The van der Waals surface area contributed by atoms with Crippen LogP contribution in [0.3, 0.4) is 0 Å². The van der Waals surface area contributed by atoms with Gasteiger partial charge >= 0.3 is 18.2 Å². The van der Waals surface area contributed by atoms with Crippen molar-refractivity contribution in [3.8, 4) is 0 Å². The first-order valence-electron chi connectivity index (χ1n) is 6.46. The van der Waals surface area contributed by atoms with Crippen LogP contribution in [-0.2, 0) is 9.53 Å². The van der Waals surface area contributed by atoms with Gasteiger partial charge in [-0.3, -0.25) is 4.90 Å². The minimum Gasteiger partial charge on any atom is -0.480 e. The predicted octanol–water partition coefficient (Wildman–Crippen LogP) is 3.43. The minimum atomic E-state index is -4.36. The molecule has 0 saturated heterocycles. The minimum absolute atomic E-state index is 0.322. The Morgan fingerprint density at radius 2 is 1.57 bits per heavy atom. The predicted molar refractivity (Wildman–Crippen MR) is 69.9 cm³/mol. The number of carbonyl (C=O) groups is 2. The molecule has 0 saturated carbocycles.